The smallest absolute Gasteiger partial charge is 0.333 e. The molecule has 16 heteroatoms. The van der Waals surface area contributed by atoms with Crippen molar-refractivity contribution in [1.82, 2.24) is 25.6 Å². The summed E-state index contributed by atoms with van der Waals surface area (Å²) in [5.41, 5.74) is 0. The molecule has 1 saturated heterocycles. The van der Waals surface area contributed by atoms with Gasteiger partial charge in [-0.15, -0.1) is 5.06 Å². The lowest BCUT2D eigenvalue weighted by Crippen LogP contribution is -2.33. The molecule has 2 aliphatic heterocycles. The van der Waals surface area contributed by atoms with Crippen LogP contribution in [0.3, 0.4) is 0 Å². The summed E-state index contributed by atoms with van der Waals surface area (Å²) in [6.45, 7) is 17.9. The zero-order chi connectivity index (χ0) is 38.2. The average molecular weight is 803 g/mol. The number of aromatic nitrogens is 1. The molecule has 0 unspecified atom stereocenters. The monoisotopic (exact) mass is 801 g/mol. The van der Waals surface area contributed by atoms with E-state index in [2.05, 4.69) is 50.2 Å². The first-order valence-electron chi connectivity index (χ1n) is 16.4. The van der Waals surface area contributed by atoms with Crippen LogP contribution in [0.4, 0.5) is 4.79 Å². The Kier molecular flexibility index (Phi) is 24.8. The van der Waals surface area contributed by atoms with Gasteiger partial charge >= 0.3 is 5.97 Å². The van der Waals surface area contributed by atoms with E-state index in [1.165, 1.54) is 17.1 Å². The van der Waals surface area contributed by atoms with Crippen LogP contribution in [-0.4, -0.2) is 80.7 Å². The lowest BCUT2D eigenvalue weighted by atomic mass is 10.1. The van der Waals surface area contributed by atoms with E-state index in [1.54, 1.807) is 27.8 Å². The second-order valence-electron chi connectivity index (χ2n) is 12.7. The molecule has 0 bridgehead atoms. The number of rotatable bonds is 14. The number of hydrogen-bond donors (Lipinski definition) is 2. The van der Waals surface area contributed by atoms with Crippen LogP contribution in [0.25, 0.3) is 0 Å². The van der Waals surface area contributed by atoms with Crippen LogP contribution in [0, 0.1) is 23.7 Å². The van der Waals surface area contributed by atoms with E-state index in [1.807, 2.05) is 59.7 Å². The topological polar surface area (TPSA) is 172 Å². The first kappa shape index (κ1) is 46.8. The van der Waals surface area contributed by atoms with Gasteiger partial charge in [0.1, 0.15) is 5.03 Å². The number of carbonyl (C=O) groups excluding carboxylic acids is 7. The third-order valence-corrected chi connectivity index (χ3v) is 8.32. The van der Waals surface area contributed by atoms with Gasteiger partial charge in [-0.25, -0.2) is 9.78 Å². The number of imide groups is 2. The van der Waals surface area contributed by atoms with Crippen LogP contribution < -0.4 is 10.6 Å². The molecule has 280 valence electrons. The van der Waals surface area contributed by atoms with Gasteiger partial charge in [-0.3, -0.25) is 33.7 Å². The molecule has 2 aliphatic rings. The van der Waals surface area contributed by atoms with Crippen molar-refractivity contribution in [2.45, 2.75) is 86.1 Å². The minimum atomic E-state index is -0.538. The third-order valence-electron chi connectivity index (χ3n) is 5.77. The van der Waals surface area contributed by atoms with Gasteiger partial charge in [-0.05, 0) is 46.6 Å². The molecule has 1 aromatic rings. The van der Waals surface area contributed by atoms with E-state index in [9.17, 15) is 33.6 Å². The van der Waals surface area contributed by atoms with Gasteiger partial charge in [0.25, 0.3) is 28.4 Å². The highest BCUT2D eigenvalue weighted by Crippen LogP contribution is 2.29. The van der Waals surface area contributed by atoms with Gasteiger partial charge in [0.05, 0.1) is 6.42 Å². The summed E-state index contributed by atoms with van der Waals surface area (Å²) in [6.07, 6.45) is 5.43. The fourth-order valence-corrected chi connectivity index (χ4v) is 5.46. The van der Waals surface area contributed by atoms with E-state index in [-0.39, 0.29) is 47.7 Å². The Hall–Kier alpha value is -3.24. The maximum absolute atomic E-state index is 11.4. The van der Waals surface area contributed by atoms with Crippen molar-refractivity contribution in [3.8, 4) is 0 Å². The van der Waals surface area contributed by atoms with Gasteiger partial charge in [0.15, 0.2) is 0 Å². The van der Waals surface area contributed by atoms with E-state index >= 15 is 0 Å². The van der Waals surface area contributed by atoms with Crippen LogP contribution in [0.1, 0.15) is 81.1 Å². The predicted octanol–water partition coefficient (Wildman–Crippen LogP) is 5.94. The Balaban J connectivity index is 0.000000663. The Morgan fingerprint density at radius 1 is 0.840 bits per heavy atom. The summed E-state index contributed by atoms with van der Waals surface area (Å²) in [7, 11) is 3.27. The minimum Gasteiger partial charge on any atom is -0.356 e. The number of hydrogen-bond acceptors (Lipinski definition) is 11. The standard InChI is InChI=1S/C12H18N2OS2.C9H13NO4.C8H11NO2.C5H10BrNO/c1-10(2)9-14-11(15)6-8-16-17-12-5-3-4-7-13-12;1-6(2)5-9(13)14-10-7(11)3-4-8(10)12;1-6(2)5-9-7(10)3-4-8(9)11;1-4(2)3-7-5(6)8/h3-5,7,10H,6,8-9H2,1-2H3,(H,14,15);6H,3-5H2,1-2H3;3-4,6H,5H2,1-2H3;4H,3H2,1-2H3,(H,7,8). The highest BCUT2D eigenvalue weighted by Gasteiger charge is 2.32. The molecule has 0 atom stereocenters. The maximum Gasteiger partial charge on any atom is 0.333 e. The van der Waals surface area contributed by atoms with E-state index < -0.39 is 17.8 Å². The molecule has 0 spiro atoms. The molecular weight excluding hydrogens is 750 g/mol. The number of nitrogens with zero attached hydrogens (tertiary/aromatic N) is 3. The Morgan fingerprint density at radius 3 is 1.84 bits per heavy atom. The van der Waals surface area contributed by atoms with Crippen LogP contribution in [0.5, 0.6) is 0 Å². The molecule has 1 fully saturated rings. The van der Waals surface area contributed by atoms with E-state index in [4.69, 9.17) is 0 Å². The van der Waals surface area contributed by atoms with Crippen LogP contribution >= 0.6 is 37.5 Å². The first-order valence-corrected chi connectivity index (χ1v) is 19.5. The molecular formula is C34H52BrN5O8S2. The fraction of sp³-hybridized carbons (Fsp3) is 0.588. The number of nitrogens with one attached hydrogen (secondary N) is 2. The molecule has 3 heterocycles. The van der Waals surface area contributed by atoms with Crippen LogP contribution in [-0.2, 0) is 33.6 Å². The van der Waals surface area contributed by atoms with Crippen molar-refractivity contribution >= 4 is 77.8 Å². The SMILES string of the molecule is CC(C)CC(=O)ON1C(=O)CCC1=O.CC(C)CN1C(=O)C=CC1=O.CC(C)CNC(=O)Br.CC(C)CNC(=O)CCSSc1ccccn1. The zero-order valence-electron chi connectivity index (χ0n) is 30.2. The number of pyridine rings is 1. The summed E-state index contributed by atoms with van der Waals surface area (Å²) in [5.74, 6) is 0.665. The summed E-state index contributed by atoms with van der Waals surface area (Å²) in [6, 6.07) is 5.83. The molecule has 0 aliphatic carbocycles. The molecule has 2 N–H and O–H groups in total. The Morgan fingerprint density at radius 2 is 1.40 bits per heavy atom. The second-order valence-corrected chi connectivity index (χ2v) is 15.9. The largest absolute Gasteiger partial charge is 0.356 e. The fourth-order valence-electron chi connectivity index (χ4n) is 3.43. The highest BCUT2D eigenvalue weighted by molar-refractivity contribution is 9.18. The van der Waals surface area contributed by atoms with Crippen LogP contribution in [0.15, 0.2) is 41.6 Å². The molecule has 0 aromatic carbocycles. The molecule has 50 heavy (non-hydrogen) atoms. The summed E-state index contributed by atoms with van der Waals surface area (Å²) in [5, 5.41) is 7.09. The normalized spacial score (nSPS) is 13.5. The number of halogens is 1. The van der Waals surface area contributed by atoms with Crippen molar-refractivity contribution in [3.63, 3.8) is 0 Å². The maximum atomic E-state index is 11.4. The second kappa shape index (κ2) is 26.6. The van der Waals surface area contributed by atoms with Gasteiger partial charge in [0, 0.05) is 78.9 Å². The predicted molar refractivity (Wildman–Crippen MR) is 200 cm³/mol. The lowest BCUT2D eigenvalue weighted by molar-refractivity contribution is -0.198. The third kappa shape index (κ3) is 24.0. The van der Waals surface area contributed by atoms with Gasteiger partial charge in [-0.2, -0.15) is 0 Å². The molecule has 6 amide bonds. The van der Waals surface area contributed by atoms with Crippen molar-refractivity contribution in [2.75, 3.05) is 25.4 Å². The van der Waals surface area contributed by atoms with Crippen LogP contribution in [0.2, 0.25) is 0 Å². The van der Waals surface area contributed by atoms with E-state index in [0.717, 1.165) is 23.9 Å². The quantitative estimate of drug-likeness (QED) is 0.0750. The number of carbonyl (C=O) groups is 7. The van der Waals surface area contributed by atoms with Gasteiger partial charge in [-0.1, -0.05) is 72.3 Å². The summed E-state index contributed by atoms with van der Waals surface area (Å²) < 4.78 is 0. The number of hydroxylamine groups is 2. The average Bonchev–Trinajstić information content (AvgIpc) is 3.52. The van der Waals surface area contributed by atoms with Crippen molar-refractivity contribution in [2.24, 2.45) is 23.7 Å². The summed E-state index contributed by atoms with van der Waals surface area (Å²) >= 11 is 2.75. The van der Waals surface area contributed by atoms with Crippen molar-refractivity contribution in [1.29, 1.82) is 0 Å². The molecule has 3 rings (SSSR count). The van der Waals surface area contributed by atoms with Gasteiger partial charge < -0.3 is 15.5 Å². The summed E-state index contributed by atoms with van der Waals surface area (Å²) in [4.78, 5) is 86.6. The Labute approximate surface area is 312 Å². The van der Waals surface area contributed by atoms with Gasteiger partial charge in [0.2, 0.25) is 5.91 Å². The molecule has 0 radical (unpaired) electrons. The molecule has 0 saturated carbocycles. The highest BCUT2D eigenvalue weighted by atomic mass is 79.9. The molecule has 13 nitrogen and oxygen atoms in total. The van der Waals surface area contributed by atoms with E-state index in [0.29, 0.717) is 35.8 Å². The number of amides is 6. The van der Waals surface area contributed by atoms with Crippen molar-refractivity contribution in [3.05, 3.63) is 36.5 Å². The Bertz CT molecular complexity index is 1250. The minimum absolute atomic E-state index is 0.132. The zero-order valence-corrected chi connectivity index (χ0v) is 33.5. The lowest BCUT2D eigenvalue weighted by Gasteiger charge is -2.15. The molecule has 1 aromatic heterocycles. The first-order chi connectivity index (χ1) is 23.4. The van der Waals surface area contributed by atoms with Crippen molar-refractivity contribution < 1.29 is 38.4 Å².